The number of nitrogens with zero attached hydrogens (tertiary/aromatic N) is 1. The van der Waals surface area contributed by atoms with Crippen molar-refractivity contribution in [3.63, 3.8) is 0 Å². The molecule has 6 rings (SSSR count). The zero-order valence-electron chi connectivity index (χ0n) is 23.5. The van der Waals surface area contributed by atoms with E-state index < -0.39 is 35.4 Å². The van der Waals surface area contributed by atoms with Crippen molar-refractivity contribution in [3.05, 3.63) is 66.7 Å². The van der Waals surface area contributed by atoms with Gasteiger partial charge in [0.25, 0.3) is 0 Å². The Kier molecular flexibility index (Phi) is 7.58. The minimum absolute atomic E-state index is 0.195. The van der Waals surface area contributed by atoms with Crippen molar-refractivity contribution in [2.24, 2.45) is 17.8 Å². The van der Waals surface area contributed by atoms with E-state index in [9.17, 15) is 19.5 Å². The number of carbonyl (C=O) groups excluding carboxylic acids is 2. The zero-order valence-corrected chi connectivity index (χ0v) is 23.5. The molecular formula is C33H35N3O6. The van der Waals surface area contributed by atoms with E-state index in [0.717, 1.165) is 35.9 Å². The Balaban J connectivity index is 1.31. The number of allylic oxidation sites excluding steroid dienone is 1. The molecule has 0 radical (unpaired) electrons. The van der Waals surface area contributed by atoms with Gasteiger partial charge in [0, 0.05) is 35.5 Å². The summed E-state index contributed by atoms with van der Waals surface area (Å²) in [5.41, 5.74) is 1.05. The molecule has 9 heteroatoms. The summed E-state index contributed by atoms with van der Waals surface area (Å²) in [6, 6.07) is 17.3. The number of benzene rings is 2. The van der Waals surface area contributed by atoms with Gasteiger partial charge >= 0.3 is 5.97 Å². The molecule has 42 heavy (non-hydrogen) atoms. The summed E-state index contributed by atoms with van der Waals surface area (Å²) in [6.45, 7) is 0.531. The summed E-state index contributed by atoms with van der Waals surface area (Å²) in [7, 11) is 1.60. The Morgan fingerprint density at radius 3 is 2.57 bits per heavy atom. The molecule has 2 amide bonds. The van der Waals surface area contributed by atoms with Gasteiger partial charge in [-0.25, -0.2) is 9.78 Å². The topological polar surface area (TPSA) is 127 Å². The van der Waals surface area contributed by atoms with Crippen LogP contribution >= 0.6 is 0 Å². The van der Waals surface area contributed by atoms with Crippen LogP contribution in [0.5, 0.6) is 11.5 Å². The molecule has 2 aromatic carbocycles. The highest BCUT2D eigenvalue weighted by molar-refractivity contribution is 5.94. The maximum Gasteiger partial charge on any atom is 0.330 e. The second-order valence-corrected chi connectivity index (χ2v) is 11.5. The molecule has 3 N–H and O–H groups in total. The summed E-state index contributed by atoms with van der Waals surface area (Å²) in [4.78, 5) is 44.0. The van der Waals surface area contributed by atoms with Crippen LogP contribution in [-0.4, -0.2) is 53.2 Å². The average molecular weight is 570 g/mol. The number of nitrogens with one attached hydrogen (secondary N) is 2. The Morgan fingerprint density at radius 2 is 1.81 bits per heavy atom. The maximum atomic E-state index is 13.6. The fourth-order valence-corrected chi connectivity index (χ4v) is 6.27. The molecule has 0 bridgehead atoms. The van der Waals surface area contributed by atoms with E-state index in [1.54, 1.807) is 7.11 Å². The molecule has 0 saturated heterocycles. The minimum atomic E-state index is -1.32. The van der Waals surface area contributed by atoms with Crippen LogP contribution in [0.25, 0.3) is 22.2 Å². The van der Waals surface area contributed by atoms with Crippen LogP contribution in [0.15, 0.2) is 66.7 Å². The van der Waals surface area contributed by atoms with Crippen molar-refractivity contribution in [2.75, 3.05) is 13.7 Å². The lowest BCUT2D eigenvalue weighted by atomic mass is 9.93. The molecular weight excluding hydrogens is 534 g/mol. The Morgan fingerprint density at radius 1 is 1.02 bits per heavy atom. The number of aromatic nitrogens is 1. The van der Waals surface area contributed by atoms with Gasteiger partial charge in [0.1, 0.15) is 23.1 Å². The van der Waals surface area contributed by atoms with E-state index in [0.29, 0.717) is 42.8 Å². The van der Waals surface area contributed by atoms with Gasteiger partial charge in [0.05, 0.1) is 30.2 Å². The number of ether oxygens (including phenoxy) is 2. The fraction of sp³-hybridized carbons (Fsp3) is 0.394. The summed E-state index contributed by atoms with van der Waals surface area (Å²) in [5.74, 6) is -1.96. The molecule has 3 aromatic rings. The van der Waals surface area contributed by atoms with Crippen molar-refractivity contribution < 1.29 is 29.0 Å². The Hall–Kier alpha value is -4.40. The number of rotatable bonds is 5. The van der Waals surface area contributed by atoms with Crippen molar-refractivity contribution in [2.45, 2.75) is 50.2 Å². The molecule has 1 aromatic heterocycles. The summed E-state index contributed by atoms with van der Waals surface area (Å²) < 4.78 is 12.0. The van der Waals surface area contributed by atoms with Crippen molar-refractivity contribution in [3.8, 4) is 22.8 Å². The quantitative estimate of drug-likeness (QED) is 0.386. The normalized spacial score (nSPS) is 28.4. The van der Waals surface area contributed by atoms with Gasteiger partial charge in [0.15, 0.2) is 0 Å². The van der Waals surface area contributed by atoms with Gasteiger partial charge in [-0.2, -0.15) is 0 Å². The predicted octanol–water partition coefficient (Wildman–Crippen LogP) is 4.50. The standard InChI is InChI=1S/C33H35N3O6/c1-41-22-12-13-24-28(17-22)35-27(20-9-5-4-6-10-20)18-29(24)42-23-15-25-26(16-23)31(38)36-33(32(39)40)19-21(33)11-7-2-3-8-14-34-30(25)37/h4-7,9-13,17-18,21,23,25-26H,2-3,8,14-16,19H2,1H3,(H,34,37)(H,36,38)(H,39,40)/b11-7+. The summed E-state index contributed by atoms with van der Waals surface area (Å²) in [6.07, 6.45) is 6.94. The van der Waals surface area contributed by atoms with Crippen molar-refractivity contribution in [1.82, 2.24) is 15.6 Å². The van der Waals surface area contributed by atoms with Gasteiger partial charge in [0.2, 0.25) is 11.8 Å². The third kappa shape index (κ3) is 5.43. The number of carbonyl (C=O) groups is 3. The highest BCUT2D eigenvalue weighted by Gasteiger charge is 2.61. The smallest absolute Gasteiger partial charge is 0.330 e. The molecule has 5 unspecified atom stereocenters. The molecule has 0 spiro atoms. The number of aliphatic carboxylic acids is 1. The SMILES string of the molecule is COc1ccc2c(OC3CC4C(=O)NCCCC/C=C/C5CC5(C(=O)O)NC(=O)C4C3)cc(-c3ccccc3)nc2c1. The number of hydrogen-bond acceptors (Lipinski definition) is 6. The zero-order chi connectivity index (χ0) is 29.3. The molecule has 218 valence electrons. The number of hydrogen-bond donors (Lipinski definition) is 3. The number of carboxylic acid groups (broad SMARTS) is 1. The number of fused-ring (bicyclic) bond motifs is 3. The number of amides is 2. The lowest BCUT2D eigenvalue weighted by Crippen LogP contribution is -2.49. The third-order valence-electron chi connectivity index (χ3n) is 8.74. The van der Waals surface area contributed by atoms with Crippen molar-refractivity contribution >= 4 is 28.7 Å². The first-order valence-corrected chi connectivity index (χ1v) is 14.6. The second-order valence-electron chi connectivity index (χ2n) is 11.5. The first-order chi connectivity index (χ1) is 20.4. The molecule has 1 aliphatic heterocycles. The lowest BCUT2D eigenvalue weighted by molar-refractivity contribution is -0.144. The van der Waals surface area contributed by atoms with Crippen LogP contribution in [0.3, 0.4) is 0 Å². The average Bonchev–Trinajstić information content (AvgIpc) is 3.53. The van der Waals surface area contributed by atoms with Crippen LogP contribution in [0.1, 0.15) is 38.5 Å². The monoisotopic (exact) mass is 569 g/mol. The third-order valence-corrected chi connectivity index (χ3v) is 8.74. The molecule has 5 atom stereocenters. The first-order valence-electron chi connectivity index (χ1n) is 14.6. The first kappa shape index (κ1) is 27.8. The van der Waals surface area contributed by atoms with Gasteiger partial charge in [-0.05, 0) is 50.7 Å². The van der Waals surface area contributed by atoms with E-state index >= 15 is 0 Å². The second kappa shape index (κ2) is 11.5. The number of pyridine rings is 1. The maximum absolute atomic E-state index is 13.6. The molecule has 2 heterocycles. The van der Waals surface area contributed by atoms with E-state index in [1.807, 2.05) is 66.7 Å². The fourth-order valence-electron chi connectivity index (χ4n) is 6.27. The van der Waals surface area contributed by atoms with E-state index in [4.69, 9.17) is 14.5 Å². The number of carboxylic acids is 1. The van der Waals surface area contributed by atoms with Crippen LogP contribution in [0.4, 0.5) is 0 Å². The lowest BCUT2D eigenvalue weighted by Gasteiger charge is -2.22. The van der Waals surface area contributed by atoms with Crippen LogP contribution in [0.2, 0.25) is 0 Å². The van der Waals surface area contributed by atoms with E-state index in [2.05, 4.69) is 10.6 Å². The Bertz CT molecular complexity index is 1540. The van der Waals surface area contributed by atoms with Gasteiger partial charge in [-0.15, -0.1) is 0 Å². The summed E-state index contributed by atoms with van der Waals surface area (Å²) in [5, 5.41) is 16.6. The van der Waals surface area contributed by atoms with Crippen LogP contribution in [-0.2, 0) is 14.4 Å². The molecule has 2 saturated carbocycles. The van der Waals surface area contributed by atoms with E-state index in [-0.39, 0.29) is 11.8 Å². The molecule has 2 fully saturated rings. The van der Waals surface area contributed by atoms with Crippen LogP contribution in [0, 0.1) is 17.8 Å². The largest absolute Gasteiger partial charge is 0.497 e. The van der Waals surface area contributed by atoms with E-state index in [1.165, 1.54) is 0 Å². The van der Waals surface area contributed by atoms with Gasteiger partial charge < -0.3 is 25.2 Å². The van der Waals surface area contributed by atoms with Crippen LogP contribution < -0.4 is 20.1 Å². The highest BCUT2D eigenvalue weighted by Crippen LogP contribution is 2.46. The number of methoxy groups -OCH3 is 1. The highest BCUT2D eigenvalue weighted by atomic mass is 16.5. The summed E-state index contributed by atoms with van der Waals surface area (Å²) >= 11 is 0. The predicted molar refractivity (Wildman–Crippen MR) is 157 cm³/mol. The Labute approximate surface area is 244 Å². The van der Waals surface area contributed by atoms with Gasteiger partial charge in [-0.1, -0.05) is 42.5 Å². The minimum Gasteiger partial charge on any atom is -0.497 e. The van der Waals surface area contributed by atoms with Crippen molar-refractivity contribution in [1.29, 1.82) is 0 Å². The molecule has 9 nitrogen and oxygen atoms in total. The van der Waals surface area contributed by atoms with Gasteiger partial charge in [-0.3, -0.25) is 9.59 Å². The molecule has 2 aliphatic carbocycles. The molecule has 3 aliphatic rings.